The van der Waals surface area contributed by atoms with E-state index in [-0.39, 0.29) is 12.8 Å². The van der Waals surface area contributed by atoms with Crippen LogP contribution < -0.4 is 10.0 Å². The van der Waals surface area contributed by atoms with E-state index >= 15 is 0 Å². The minimum atomic E-state index is -3.91. The molecule has 1 aliphatic rings. The fourth-order valence-corrected chi connectivity index (χ4v) is 4.02. The number of hydrogen-bond acceptors (Lipinski definition) is 3. The molecule has 2 atom stereocenters. The molecule has 2 N–H and O–H groups in total. The number of rotatable bonds is 6. The van der Waals surface area contributed by atoms with Crippen molar-refractivity contribution in [2.45, 2.75) is 51.5 Å². The van der Waals surface area contributed by atoms with Crippen molar-refractivity contribution in [1.82, 2.24) is 10.0 Å². The van der Waals surface area contributed by atoms with E-state index in [9.17, 15) is 22.0 Å². The monoisotopic (exact) mass is 312 g/mol. The number of amides is 1. The van der Waals surface area contributed by atoms with Crippen molar-refractivity contribution < 1.29 is 22.0 Å². The molecule has 118 valence electrons. The zero-order valence-electron chi connectivity index (χ0n) is 11.8. The van der Waals surface area contributed by atoms with Crippen molar-refractivity contribution in [2.75, 3.05) is 12.3 Å². The first-order valence-electron chi connectivity index (χ1n) is 6.83. The maximum absolute atomic E-state index is 13.6. The average molecular weight is 312 g/mol. The predicted molar refractivity (Wildman–Crippen MR) is 72.0 cm³/mol. The Hall–Kier alpha value is -0.760. The SMILES string of the molecule is CCNC(=O)[C@@H](C)NS(=O)(=O)C[C@@H]1CCCCC1(F)F. The molecule has 0 aromatic heterocycles. The lowest BCUT2D eigenvalue weighted by Crippen LogP contribution is -2.47. The van der Waals surface area contributed by atoms with Gasteiger partial charge in [-0.3, -0.25) is 4.79 Å². The molecular weight excluding hydrogens is 290 g/mol. The predicted octanol–water partition coefficient (Wildman–Crippen LogP) is 1.26. The van der Waals surface area contributed by atoms with Crippen LogP contribution in [0.1, 0.15) is 39.5 Å². The third-order valence-corrected chi connectivity index (χ3v) is 4.99. The van der Waals surface area contributed by atoms with Crippen molar-refractivity contribution in [1.29, 1.82) is 0 Å². The van der Waals surface area contributed by atoms with Crippen LogP contribution in [0.3, 0.4) is 0 Å². The Morgan fingerprint density at radius 3 is 2.60 bits per heavy atom. The number of nitrogens with one attached hydrogen (secondary N) is 2. The van der Waals surface area contributed by atoms with Gasteiger partial charge in [0.05, 0.1) is 11.8 Å². The highest BCUT2D eigenvalue weighted by Crippen LogP contribution is 2.38. The highest BCUT2D eigenvalue weighted by molar-refractivity contribution is 7.89. The normalized spacial score (nSPS) is 24.1. The van der Waals surface area contributed by atoms with Crippen molar-refractivity contribution in [3.63, 3.8) is 0 Å². The van der Waals surface area contributed by atoms with Gasteiger partial charge in [-0.05, 0) is 26.7 Å². The number of carbonyl (C=O) groups is 1. The molecule has 0 aromatic carbocycles. The van der Waals surface area contributed by atoms with Gasteiger partial charge in [0.2, 0.25) is 15.9 Å². The number of hydrogen-bond donors (Lipinski definition) is 2. The van der Waals surface area contributed by atoms with Crippen LogP contribution in [0.4, 0.5) is 8.78 Å². The molecule has 0 spiro atoms. The minimum Gasteiger partial charge on any atom is -0.355 e. The third-order valence-electron chi connectivity index (χ3n) is 3.43. The van der Waals surface area contributed by atoms with E-state index in [1.54, 1.807) is 6.92 Å². The van der Waals surface area contributed by atoms with Gasteiger partial charge in [0.15, 0.2) is 0 Å². The molecule has 0 heterocycles. The molecule has 0 bridgehead atoms. The Balaban J connectivity index is 2.63. The molecular formula is C12H22F2N2O3S. The van der Waals surface area contributed by atoms with Crippen molar-refractivity contribution in [3.8, 4) is 0 Å². The molecule has 0 aliphatic heterocycles. The lowest BCUT2D eigenvalue weighted by molar-refractivity contribution is -0.122. The summed E-state index contributed by atoms with van der Waals surface area (Å²) in [6.07, 6.45) is 0.969. The number of halogens is 2. The number of alkyl halides is 2. The molecule has 5 nitrogen and oxygen atoms in total. The topological polar surface area (TPSA) is 75.3 Å². The lowest BCUT2D eigenvalue weighted by atomic mass is 9.87. The molecule has 1 rings (SSSR count). The Morgan fingerprint density at radius 2 is 2.05 bits per heavy atom. The van der Waals surface area contributed by atoms with Crippen LogP contribution in [0.15, 0.2) is 0 Å². The summed E-state index contributed by atoms with van der Waals surface area (Å²) in [6, 6.07) is -0.961. The van der Waals surface area contributed by atoms with E-state index in [4.69, 9.17) is 0 Å². The summed E-state index contributed by atoms with van der Waals surface area (Å²) in [4.78, 5) is 11.5. The molecule has 0 unspecified atom stereocenters. The van der Waals surface area contributed by atoms with Gasteiger partial charge < -0.3 is 5.32 Å². The fraction of sp³-hybridized carbons (Fsp3) is 0.917. The summed E-state index contributed by atoms with van der Waals surface area (Å²) < 4.78 is 53.2. The first-order valence-corrected chi connectivity index (χ1v) is 8.48. The second-order valence-corrected chi connectivity index (χ2v) is 7.02. The zero-order valence-corrected chi connectivity index (χ0v) is 12.6. The van der Waals surface area contributed by atoms with Gasteiger partial charge >= 0.3 is 0 Å². The first kappa shape index (κ1) is 17.3. The van der Waals surface area contributed by atoms with Gasteiger partial charge in [0.25, 0.3) is 5.92 Å². The number of likely N-dealkylation sites (N-methyl/N-ethyl adjacent to an activating group) is 1. The van der Waals surface area contributed by atoms with E-state index in [2.05, 4.69) is 10.0 Å². The molecule has 0 radical (unpaired) electrons. The second kappa shape index (κ2) is 6.80. The average Bonchev–Trinajstić information content (AvgIpc) is 2.31. The molecule has 8 heteroatoms. The van der Waals surface area contributed by atoms with E-state index in [0.717, 1.165) is 0 Å². The molecule has 20 heavy (non-hydrogen) atoms. The van der Waals surface area contributed by atoms with Crippen molar-refractivity contribution >= 4 is 15.9 Å². The van der Waals surface area contributed by atoms with Gasteiger partial charge in [0.1, 0.15) is 0 Å². The van der Waals surface area contributed by atoms with Crippen LogP contribution in [0, 0.1) is 5.92 Å². The van der Waals surface area contributed by atoms with Gasteiger partial charge in [-0.2, -0.15) is 0 Å². The highest BCUT2D eigenvalue weighted by atomic mass is 32.2. The Kier molecular flexibility index (Phi) is 5.88. The van der Waals surface area contributed by atoms with E-state index in [1.807, 2.05) is 0 Å². The fourth-order valence-electron chi connectivity index (χ4n) is 2.34. The van der Waals surface area contributed by atoms with Crippen molar-refractivity contribution in [2.24, 2.45) is 5.92 Å². The molecule has 1 saturated carbocycles. The Labute approximate surface area is 118 Å². The number of sulfonamides is 1. The van der Waals surface area contributed by atoms with E-state index in [0.29, 0.717) is 19.4 Å². The van der Waals surface area contributed by atoms with Crippen LogP contribution in [0.25, 0.3) is 0 Å². The highest BCUT2D eigenvalue weighted by Gasteiger charge is 2.43. The molecule has 1 fully saturated rings. The van der Waals surface area contributed by atoms with Crippen LogP contribution in [-0.2, 0) is 14.8 Å². The molecule has 0 saturated heterocycles. The van der Waals surface area contributed by atoms with E-state index in [1.165, 1.54) is 6.92 Å². The van der Waals surface area contributed by atoms with E-state index < -0.39 is 39.6 Å². The standard InChI is InChI=1S/C12H22F2N2O3S/c1-3-15-11(17)9(2)16-20(18,19)8-10-6-4-5-7-12(10,13)14/h9-10,16H,3-8H2,1-2H3,(H,15,17)/t9-,10+/m1/s1. The van der Waals surface area contributed by atoms with Gasteiger partial charge in [-0.25, -0.2) is 21.9 Å². The van der Waals surface area contributed by atoms with Crippen molar-refractivity contribution in [3.05, 3.63) is 0 Å². The zero-order chi connectivity index (χ0) is 15.4. The van der Waals surface area contributed by atoms with Crippen LogP contribution in [0.5, 0.6) is 0 Å². The minimum absolute atomic E-state index is 0.198. The number of carbonyl (C=O) groups excluding carboxylic acids is 1. The molecule has 1 aliphatic carbocycles. The van der Waals surface area contributed by atoms with Crippen LogP contribution in [0.2, 0.25) is 0 Å². The summed E-state index contributed by atoms with van der Waals surface area (Å²) >= 11 is 0. The lowest BCUT2D eigenvalue weighted by Gasteiger charge is -2.31. The van der Waals surface area contributed by atoms with Crippen LogP contribution in [-0.4, -0.2) is 38.6 Å². The summed E-state index contributed by atoms with van der Waals surface area (Å²) in [6.45, 7) is 3.48. The van der Waals surface area contributed by atoms with Gasteiger partial charge in [0, 0.05) is 18.9 Å². The Bertz CT molecular complexity index is 440. The maximum atomic E-state index is 13.6. The summed E-state index contributed by atoms with van der Waals surface area (Å²) in [5.41, 5.74) is 0. The largest absolute Gasteiger partial charge is 0.355 e. The van der Waals surface area contributed by atoms with Gasteiger partial charge in [-0.15, -0.1) is 0 Å². The smallest absolute Gasteiger partial charge is 0.251 e. The van der Waals surface area contributed by atoms with Crippen LogP contribution >= 0.6 is 0 Å². The molecule has 0 aromatic rings. The Morgan fingerprint density at radius 1 is 1.40 bits per heavy atom. The van der Waals surface area contributed by atoms with Gasteiger partial charge in [-0.1, -0.05) is 6.42 Å². The quantitative estimate of drug-likeness (QED) is 0.775. The maximum Gasteiger partial charge on any atom is 0.251 e. The second-order valence-electron chi connectivity index (χ2n) is 5.22. The summed E-state index contributed by atoms with van der Waals surface area (Å²) in [7, 11) is -3.91. The third kappa shape index (κ3) is 4.97. The molecule has 1 amide bonds. The first-order chi connectivity index (χ1) is 9.18. The summed E-state index contributed by atoms with van der Waals surface area (Å²) in [5, 5.41) is 2.47. The summed E-state index contributed by atoms with van der Waals surface area (Å²) in [5.74, 6) is -5.22.